The lowest BCUT2D eigenvalue weighted by molar-refractivity contribution is -0.151. The van der Waals surface area contributed by atoms with Gasteiger partial charge in [-0.05, 0) is 38.2 Å². The molecule has 0 saturated carbocycles. The van der Waals surface area contributed by atoms with Crippen LogP contribution in [0.2, 0.25) is 0 Å². The second-order valence-corrected chi connectivity index (χ2v) is 5.77. The number of amides is 1. The average molecular weight is 303 g/mol. The van der Waals surface area contributed by atoms with Gasteiger partial charge in [0.15, 0.2) is 0 Å². The van der Waals surface area contributed by atoms with Crippen LogP contribution in [0.25, 0.3) is 0 Å². The maximum Gasteiger partial charge on any atom is 0.310 e. The first-order chi connectivity index (χ1) is 10.7. The number of carbonyl (C=O) groups is 2. The number of hydrogen-bond donors (Lipinski definition) is 0. The number of carbonyl (C=O) groups excluding carboxylic acids is 2. The van der Waals surface area contributed by atoms with E-state index in [1.165, 1.54) is 5.56 Å². The quantitative estimate of drug-likeness (QED) is 0.759. The van der Waals surface area contributed by atoms with Crippen molar-refractivity contribution in [3.63, 3.8) is 0 Å². The summed E-state index contributed by atoms with van der Waals surface area (Å²) in [6.07, 6.45) is 4.02. The summed E-state index contributed by atoms with van der Waals surface area (Å²) in [5.41, 5.74) is 1.26. The zero-order valence-electron chi connectivity index (χ0n) is 13.3. The lowest BCUT2D eigenvalue weighted by Gasteiger charge is -2.31. The number of piperidine rings is 1. The van der Waals surface area contributed by atoms with Crippen LogP contribution in [0.1, 0.15) is 38.2 Å². The third kappa shape index (κ3) is 4.86. The third-order valence-corrected chi connectivity index (χ3v) is 4.09. The van der Waals surface area contributed by atoms with Gasteiger partial charge in [0, 0.05) is 19.5 Å². The molecule has 1 aromatic carbocycles. The molecule has 4 heteroatoms. The molecule has 1 amide bonds. The van der Waals surface area contributed by atoms with Crippen molar-refractivity contribution >= 4 is 11.9 Å². The molecule has 1 saturated heterocycles. The number of rotatable bonds is 6. The van der Waals surface area contributed by atoms with Crippen molar-refractivity contribution in [3.05, 3.63) is 35.9 Å². The Hall–Kier alpha value is -1.84. The molecule has 120 valence electrons. The van der Waals surface area contributed by atoms with E-state index in [2.05, 4.69) is 12.1 Å². The summed E-state index contributed by atoms with van der Waals surface area (Å²) in [4.78, 5) is 25.9. The van der Waals surface area contributed by atoms with Crippen LogP contribution in [0.15, 0.2) is 30.3 Å². The summed E-state index contributed by atoms with van der Waals surface area (Å²) >= 11 is 0. The first-order valence-electron chi connectivity index (χ1n) is 8.19. The van der Waals surface area contributed by atoms with E-state index in [0.29, 0.717) is 19.6 Å². The van der Waals surface area contributed by atoms with E-state index in [9.17, 15) is 9.59 Å². The highest BCUT2D eigenvalue weighted by Crippen LogP contribution is 2.19. The van der Waals surface area contributed by atoms with Crippen LogP contribution in [-0.2, 0) is 20.7 Å². The predicted molar refractivity (Wildman–Crippen MR) is 85.3 cm³/mol. The molecule has 1 unspecified atom stereocenters. The zero-order chi connectivity index (χ0) is 15.8. The number of esters is 1. The van der Waals surface area contributed by atoms with Gasteiger partial charge in [0.1, 0.15) is 0 Å². The Morgan fingerprint density at radius 2 is 2.05 bits per heavy atom. The molecule has 1 fully saturated rings. The molecule has 0 radical (unpaired) electrons. The van der Waals surface area contributed by atoms with Crippen LogP contribution >= 0.6 is 0 Å². The maximum absolute atomic E-state index is 12.3. The Morgan fingerprint density at radius 1 is 1.27 bits per heavy atom. The van der Waals surface area contributed by atoms with E-state index in [0.717, 1.165) is 32.2 Å². The fraction of sp³-hybridized carbons (Fsp3) is 0.556. The van der Waals surface area contributed by atoms with Gasteiger partial charge in [0.2, 0.25) is 5.91 Å². The van der Waals surface area contributed by atoms with Crippen LogP contribution in [-0.4, -0.2) is 36.5 Å². The van der Waals surface area contributed by atoms with Crippen molar-refractivity contribution < 1.29 is 14.3 Å². The minimum Gasteiger partial charge on any atom is -0.466 e. The van der Waals surface area contributed by atoms with Gasteiger partial charge in [-0.3, -0.25) is 9.59 Å². The summed E-state index contributed by atoms with van der Waals surface area (Å²) in [7, 11) is 0. The molecule has 0 bridgehead atoms. The van der Waals surface area contributed by atoms with Gasteiger partial charge in [-0.15, -0.1) is 0 Å². The fourth-order valence-corrected chi connectivity index (χ4v) is 2.90. The molecule has 2 rings (SSSR count). The minimum atomic E-state index is -0.163. The number of nitrogens with zero attached hydrogens (tertiary/aromatic N) is 1. The second kappa shape index (κ2) is 8.57. The number of hydrogen-bond acceptors (Lipinski definition) is 3. The normalized spacial score (nSPS) is 18.0. The number of aryl methyl sites for hydroxylation is 1. The third-order valence-electron chi connectivity index (χ3n) is 4.09. The van der Waals surface area contributed by atoms with E-state index in [1.54, 1.807) is 0 Å². The fourth-order valence-electron chi connectivity index (χ4n) is 2.90. The maximum atomic E-state index is 12.3. The molecule has 0 spiro atoms. The minimum absolute atomic E-state index is 0.147. The molecule has 1 aliphatic heterocycles. The van der Waals surface area contributed by atoms with Gasteiger partial charge in [-0.1, -0.05) is 30.3 Å². The number of likely N-dealkylation sites (tertiary alicyclic amines) is 1. The Labute approximate surface area is 132 Å². The summed E-state index contributed by atoms with van der Waals surface area (Å²) < 4.78 is 5.07. The van der Waals surface area contributed by atoms with Crippen LogP contribution < -0.4 is 0 Å². The van der Waals surface area contributed by atoms with Crippen LogP contribution in [0.3, 0.4) is 0 Å². The zero-order valence-corrected chi connectivity index (χ0v) is 13.3. The van der Waals surface area contributed by atoms with Gasteiger partial charge in [0.25, 0.3) is 0 Å². The highest BCUT2D eigenvalue weighted by Gasteiger charge is 2.28. The summed E-state index contributed by atoms with van der Waals surface area (Å²) in [5, 5.41) is 0. The van der Waals surface area contributed by atoms with Gasteiger partial charge >= 0.3 is 5.97 Å². The van der Waals surface area contributed by atoms with Gasteiger partial charge in [-0.2, -0.15) is 0 Å². The predicted octanol–water partition coefficient (Wildman–Crippen LogP) is 2.81. The van der Waals surface area contributed by atoms with Crippen molar-refractivity contribution in [3.8, 4) is 0 Å². The van der Waals surface area contributed by atoms with Gasteiger partial charge in [0.05, 0.1) is 12.5 Å². The Bertz CT molecular complexity index is 486. The lowest BCUT2D eigenvalue weighted by atomic mass is 9.97. The average Bonchev–Trinajstić information content (AvgIpc) is 2.56. The van der Waals surface area contributed by atoms with E-state index in [1.807, 2.05) is 30.0 Å². The summed E-state index contributed by atoms with van der Waals surface area (Å²) in [6, 6.07) is 10.2. The van der Waals surface area contributed by atoms with Crippen LogP contribution in [0, 0.1) is 5.92 Å². The highest BCUT2D eigenvalue weighted by atomic mass is 16.5. The van der Waals surface area contributed by atoms with Crippen molar-refractivity contribution in [1.29, 1.82) is 0 Å². The molecular weight excluding hydrogens is 278 g/mol. The Balaban J connectivity index is 1.75. The largest absolute Gasteiger partial charge is 0.466 e. The molecule has 0 N–H and O–H groups in total. The van der Waals surface area contributed by atoms with Crippen LogP contribution in [0.5, 0.6) is 0 Å². The monoisotopic (exact) mass is 303 g/mol. The molecule has 22 heavy (non-hydrogen) atoms. The Morgan fingerprint density at radius 3 is 2.77 bits per heavy atom. The molecule has 1 atom stereocenters. The molecule has 0 aromatic heterocycles. The first kappa shape index (κ1) is 16.5. The topological polar surface area (TPSA) is 46.6 Å². The highest BCUT2D eigenvalue weighted by molar-refractivity contribution is 5.78. The number of benzene rings is 1. The molecule has 1 aromatic rings. The van der Waals surface area contributed by atoms with Gasteiger partial charge < -0.3 is 9.64 Å². The molecule has 4 nitrogen and oxygen atoms in total. The SMILES string of the molecule is CCOC(=O)C1CCCN(C(=O)CCCc2ccccc2)C1. The van der Waals surface area contributed by atoms with E-state index in [-0.39, 0.29) is 17.8 Å². The van der Waals surface area contributed by atoms with Crippen LogP contribution in [0.4, 0.5) is 0 Å². The summed E-state index contributed by atoms with van der Waals surface area (Å²) in [5.74, 6) is -0.152. The van der Waals surface area contributed by atoms with Crippen molar-refractivity contribution in [2.24, 2.45) is 5.92 Å². The first-order valence-corrected chi connectivity index (χ1v) is 8.19. The number of ether oxygens (including phenoxy) is 1. The molecular formula is C18H25NO3. The molecule has 0 aliphatic carbocycles. The second-order valence-electron chi connectivity index (χ2n) is 5.77. The standard InChI is InChI=1S/C18H25NO3/c1-2-22-18(21)16-11-7-13-19(14-16)17(20)12-6-10-15-8-4-3-5-9-15/h3-5,8-9,16H,2,6-7,10-14H2,1H3. The van der Waals surface area contributed by atoms with Crippen molar-refractivity contribution in [1.82, 2.24) is 4.90 Å². The van der Waals surface area contributed by atoms with Crippen molar-refractivity contribution in [2.75, 3.05) is 19.7 Å². The molecule has 1 heterocycles. The van der Waals surface area contributed by atoms with Gasteiger partial charge in [-0.25, -0.2) is 0 Å². The Kier molecular flexibility index (Phi) is 6.44. The van der Waals surface area contributed by atoms with E-state index < -0.39 is 0 Å². The summed E-state index contributed by atoms with van der Waals surface area (Å²) in [6.45, 7) is 3.50. The smallest absolute Gasteiger partial charge is 0.310 e. The van der Waals surface area contributed by atoms with Crippen molar-refractivity contribution in [2.45, 2.75) is 39.0 Å². The van der Waals surface area contributed by atoms with E-state index in [4.69, 9.17) is 4.74 Å². The lowest BCUT2D eigenvalue weighted by Crippen LogP contribution is -2.42. The molecule has 1 aliphatic rings. The van der Waals surface area contributed by atoms with E-state index >= 15 is 0 Å².